The molecule has 0 radical (unpaired) electrons. The zero-order valence-electron chi connectivity index (χ0n) is 13.2. The van der Waals surface area contributed by atoms with Gasteiger partial charge >= 0.3 is 0 Å². The number of aliphatic hydroxyl groups is 1. The summed E-state index contributed by atoms with van der Waals surface area (Å²) in [7, 11) is 0. The van der Waals surface area contributed by atoms with Crippen molar-refractivity contribution in [2.45, 2.75) is 31.4 Å². The van der Waals surface area contributed by atoms with Crippen molar-refractivity contribution in [3.8, 4) is 0 Å². The topological polar surface area (TPSA) is 40.5 Å². The van der Waals surface area contributed by atoms with Crippen LogP contribution in [-0.2, 0) is 0 Å². The summed E-state index contributed by atoms with van der Waals surface area (Å²) < 4.78 is 27.2. The first-order chi connectivity index (χ1) is 11.6. The lowest BCUT2D eigenvalue weighted by molar-refractivity contribution is 0.0662. The number of benzene rings is 2. The van der Waals surface area contributed by atoms with Gasteiger partial charge in [0.15, 0.2) is 0 Å². The van der Waals surface area contributed by atoms with Gasteiger partial charge in [0.1, 0.15) is 11.6 Å². The van der Waals surface area contributed by atoms with E-state index in [1.165, 1.54) is 0 Å². The molecule has 0 bridgehead atoms. The molecule has 1 saturated heterocycles. The molecule has 0 saturated carbocycles. The molecule has 3 nitrogen and oxygen atoms in total. The van der Waals surface area contributed by atoms with Gasteiger partial charge in [0.25, 0.3) is 5.91 Å². The van der Waals surface area contributed by atoms with Crippen molar-refractivity contribution in [1.29, 1.82) is 0 Å². The van der Waals surface area contributed by atoms with Crippen molar-refractivity contribution >= 4 is 5.91 Å². The first kappa shape index (κ1) is 16.6. The predicted molar refractivity (Wildman–Crippen MR) is 86.4 cm³/mol. The Morgan fingerprint density at radius 2 is 1.96 bits per heavy atom. The average Bonchev–Trinajstić information content (AvgIpc) is 3.05. The smallest absolute Gasteiger partial charge is 0.257 e. The highest BCUT2D eigenvalue weighted by molar-refractivity contribution is 5.94. The van der Waals surface area contributed by atoms with E-state index < -0.39 is 23.6 Å². The van der Waals surface area contributed by atoms with E-state index in [0.717, 1.165) is 36.6 Å². The van der Waals surface area contributed by atoms with Crippen molar-refractivity contribution in [2.24, 2.45) is 0 Å². The van der Waals surface area contributed by atoms with E-state index in [-0.39, 0.29) is 11.6 Å². The van der Waals surface area contributed by atoms with Crippen LogP contribution >= 0.6 is 0 Å². The molecule has 126 valence electrons. The second kappa shape index (κ2) is 7.09. The molecule has 1 N–H and O–H groups in total. The van der Waals surface area contributed by atoms with Gasteiger partial charge in [-0.1, -0.05) is 30.3 Å². The van der Waals surface area contributed by atoms with Crippen LogP contribution in [0.1, 0.15) is 41.3 Å². The maximum absolute atomic E-state index is 13.9. The number of carbonyl (C=O) groups is 1. The normalized spacial score (nSPS) is 18.6. The van der Waals surface area contributed by atoms with Crippen LogP contribution in [-0.4, -0.2) is 28.5 Å². The van der Waals surface area contributed by atoms with Crippen LogP contribution in [0.4, 0.5) is 8.78 Å². The van der Waals surface area contributed by atoms with Crippen molar-refractivity contribution < 1.29 is 18.7 Å². The summed E-state index contributed by atoms with van der Waals surface area (Å²) in [5, 5.41) is 10.4. The van der Waals surface area contributed by atoms with Crippen LogP contribution in [0.15, 0.2) is 48.5 Å². The van der Waals surface area contributed by atoms with E-state index in [0.29, 0.717) is 13.0 Å². The number of halogens is 2. The number of hydrogen-bond donors (Lipinski definition) is 1. The van der Waals surface area contributed by atoms with Crippen molar-refractivity contribution in [2.75, 3.05) is 6.54 Å². The third-order valence-corrected chi connectivity index (χ3v) is 4.48. The second-order valence-electron chi connectivity index (χ2n) is 6.08. The van der Waals surface area contributed by atoms with Gasteiger partial charge in [-0.25, -0.2) is 8.78 Å². The summed E-state index contributed by atoms with van der Waals surface area (Å²) in [5.74, 6) is -1.88. The van der Waals surface area contributed by atoms with Crippen LogP contribution in [0.2, 0.25) is 0 Å². The van der Waals surface area contributed by atoms with E-state index in [9.17, 15) is 18.7 Å². The van der Waals surface area contributed by atoms with Gasteiger partial charge in [0.2, 0.25) is 0 Å². The molecule has 0 aliphatic carbocycles. The maximum atomic E-state index is 13.9. The first-order valence-corrected chi connectivity index (χ1v) is 8.05. The SMILES string of the molecule is O=C(c1cc(F)ccc1F)N1CCCC1CC(O)c1ccccc1. The number of likely N-dealkylation sites (tertiary alicyclic amines) is 1. The third-order valence-electron chi connectivity index (χ3n) is 4.48. The summed E-state index contributed by atoms with van der Waals surface area (Å²) in [4.78, 5) is 14.1. The summed E-state index contributed by atoms with van der Waals surface area (Å²) in [5.41, 5.74) is 0.532. The Hall–Kier alpha value is -2.27. The first-order valence-electron chi connectivity index (χ1n) is 8.05. The minimum Gasteiger partial charge on any atom is -0.388 e. The van der Waals surface area contributed by atoms with Gasteiger partial charge in [-0.15, -0.1) is 0 Å². The molecule has 3 rings (SSSR count). The summed E-state index contributed by atoms with van der Waals surface area (Å²) in [6.07, 6.45) is 1.22. The Labute approximate surface area is 139 Å². The molecule has 2 aromatic carbocycles. The van der Waals surface area contributed by atoms with Crippen LogP contribution in [0, 0.1) is 11.6 Å². The number of aliphatic hydroxyl groups excluding tert-OH is 1. The Morgan fingerprint density at radius 1 is 1.21 bits per heavy atom. The van der Waals surface area contributed by atoms with Crippen molar-refractivity contribution in [3.05, 3.63) is 71.3 Å². The monoisotopic (exact) mass is 331 g/mol. The number of hydrogen-bond acceptors (Lipinski definition) is 2. The van der Waals surface area contributed by atoms with E-state index in [1.807, 2.05) is 30.3 Å². The number of amides is 1. The van der Waals surface area contributed by atoms with Gasteiger partial charge in [-0.2, -0.15) is 0 Å². The van der Waals surface area contributed by atoms with Crippen LogP contribution in [0.25, 0.3) is 0 Å². The largest absolute Gasteiger partial charge is 0.388 e. The molecule has 24 heavy (non-hydrogen) atoms. The molecule has 1 fully saturated rings. The molecule has 5 heteroatoms. The van der Waals surface area contributed by atoms with Crippen molar-refractivity contribution in [1.82, 2.24) is 4.90 Å². The number of nitrogens with zero attached hydrogens (tertiary/aromatic N) is 1. The number of rotatable bonds is 4. The van der Waals surface area contributed by atoms with Crippen LogP contribution in [0.3, 0.4) is 0 Å². The summed E-state index contributed by atoms with van der Waals surface area (Å²) in [6, 6.07) is 11.9. The molecule has 2 aromatic rings. The molecule has 1 heterocycles. The zero-order valence-corrected chi connectivity index (χ0v) is 13.2. The fraction of sp³-hybridized carbons (Fsp3) is 0.316. The molecule has 2 atom stereocenters. The molecule has 1 amide bonds. The van der Waals surface area contributed by atoms with Gasteiger partial charge in [0, 0.05) is 12.6 Å². The third kappa shape index (κ3) is 3.46. The minimum atomic E-state index is -0.726. The molecule has 1 aliphatic rings. The molecule has 0 aromatic heterocycles. The van der Waals surface area contributed by atoms with E-state index in [4.69, 9.17) is 0 Å². The van der Waals surface area contributed by atoms with Gasteiger partial charge in [-0.3, -0.25) is 4.79 Å². The molecular weight excluding hydrogens is 312 g/mol. The quantitative estimate of drug-likeness (QED) is 0.928. The Balaban J connectivity index is 1.75. The summed E-state index contributed by atoms with van der Waals surface area (Å²) in [6.45, 7) is 0.487. The number of carbonyl (C=O) groups excluding carboxylic acids is 1. The van der Waals surface area contributed by atoms with Crippen LogP contribution < -0.4 is 0 Å². The Morgan fingerprint density at radius 3 is 2.71 bits per heavy atom. The summed E-state index contributed by atoms with van der Waals surface area (Å²) >= 11 is 0. The van der Waals surface area contributed by atoms with E-state index in [1.54, 1.807) is 4.90 Å². The molecule has 1 aliphatic heterocycles. The predicted octanol–water partition coefficient (Wildman–Crippen LogP) is 3.69. The maximum Gasteiger partial charge on any atom is 0.257 e. The van der Waals surface area contributed by atoms with E-state index >= 15 is 0 Å². The fourth-order valence-corrected chi connectivity index (χ4v) is 3.23. The highest BCUT2D eigenvalue weighted by Gasteiger charge is 2.32. The zero-order chi connectivity index (χ0) is 17.1. The Kier molecular flexibility index (Phi) is 4.90. The minimum absolute atomic E-state index is 0.185. The van der Waals surface area contributed by atoms with Crippen molar-refractivity contribution in [3.63, 3.8) is 0 Å². The molecule has 0 spiro atoms. The van der Waals surface area contributed by atoms with Gasteiger partial charge in [-0.05, 0) is 43.0 Å². The van der Waals surface area contributed by atoms with E-state index in [2.05, 4.69) is 0 Å². The second-order valence-corrected chi connectivity index (χ2v) is 6.08. The highest BCUT2D eigenvalue weighted by atomic mass is 19.1. The highest BCUT2D eigenvalue weighted by Crippen LogP contribution is 2.29. The molecule has 2 unspecified atom stereocenters. The Bertz CT molecular complexity index is 721. The average molecular weight is 331 g/mol. The van der Waals surface area contributed by atoms with Gasteiger partial charge < -0.3 is 10.0 Å². The van der Waals surface area contributed by atoms with Gasteiger partial charge in [0.05, 0.1) is 11.7 Å². The lowest BCUT2D eigenvalue weighted by Crippen LogP contribution is -2.37. The van der Waals surface area contributed by atoms with Crippen LogP contribution in [0.5, 0.6) is 0 Å². The lowest BCUT2D eigenvalue weighted by Gasteiger charge is -2.27. The lowest BCUT2D eigenvalue weighted by atomic mass is 10.00. The molecular formula is C19H19F2NO2. The fourth-order valence-electron chi connectivity index (χ4n) is 3.23. The standard InChI is InChI=1S/C19H19F2NO2/c20-14-8-9-17(21)16(11-14)19(24)22-10-4-7-15(22)12-18(23)13-5-2-1-3-6-13/h1-3,5-6,8-9,11,15,18,23H,4,7,10,12H2.